The fourth-order valence-electron chi connectivity index (χ4n) is 2.85. The van der Waals surface area contributed by atoms with Crippen molar-refractivity contribution in [3.05, 3.63) is 30.3 Å². The van der Waals surface area contributed by atoms with E-state index < -0.39 is 22.7 Å². The predicted molar refractivity (Wildman–Crippen MR) is 90.0 cm³/mol. The molecule has 0 unspecified atom stereocenters. The van der Waals surface area contributed by atoms with E-state index in [1.54, 1.807) is 12.1 Å². The first-order valence-electron chi connectivity index (χ1n) is 8.11. The van der Waals surface area contributed by atoms with Gasteiger partial charge in [0.1, 0.15) is 6.04 Å². The number of primary amides is 1. The van der Waals surface area contributed by atoms with Gasteiger partial charge in [-0.15, -0.1) is 0 Å². The second kappa shape index (κ2) is 8.82. The molecule has 3 N–H and O–H groups in total. The van der Waals surface area contributed by atoms with Crippen LogP contribution in [-0.2, 0) is 20.4 Å². The molecule has 5 nitrogen and oxygen atoms in total. The first-order chi connectivity index (χ1) is 11.1. The van der Waals surface area contributed by atoms with Gasteiger partial charge in [0, 0.05) is 16.6 Å². The van der Waals surface area contributed by atoms with Gasteiger partial charge >= 0.3 is 0 Å². The molecule has 0 radical (unpaired) electrons. The molecule has 0 saturated heterocycles. The lowest BCUT2D eigenvalue weighted by molar-refractivity contribution is -0.130. The number of nitrogens with one attached hydrogen (secondary N) is 1. The highest BCUT2D eigenvalue weighted by Crippen LogP contribution is 2.23. The Morgan fingerprint density at radius 1 is 1.17 bits per heavy atom. The van der Waals surface area contributed by atoms with Crippen molar-refractivity contribution < 1.29 is 13.8 Å². The molecule has 2 rings (SSSR count). The topological polar surface area (TPSA) is 89.3 Å². The van der Waals surface area contributed by atoms with Gasteiger partial charge in [-0.1, -0.05) is 37.5 Å². The third-order valence-electron chi connectivity index (χ3n) is 4.23. The SMILES string of the molecule is NC(=O)[C@@H](CC[S@@](=O)c1ccccc1)NC(=O)C1CCCCC1. The van der Waals surface area contributed by atoms with E-state index in [1.165, 1.54) is 6.42 Å². The second-order valence-corrected chi connectivity index (χ2v) is 7.52. The van der Waals surface area contributed by atoms with Gasteiger partial charge in [0.2, 0.25) is 11.8 Å². The zero-order valence-electron chi connectivity index (χ0n) is 13.2. The van der Waals surface area contributed by atoms with Crippen molar-refractivity contribution in [3.63, 3.8) is 0 Å². The minimum Gasteiger partial charge on any atom is -0.368 e. The third kappa shape index (κ3) is 5.46. The van der Waals surface area contributed by atoms with E-state index in [0.717, 1.165) is 25.7 Å². The monoisotopic (exact) mass is 336 g/mol. The van der Waals surface area contributed by atoms with Crippen LogP contribution in [0.5, 0.6) is 0 Å². The maximum Gasteiger partial charge on any atom is 0.240 e. The Bertz CT molecular complexity index is 556. The van der Waals surface area contributed by atoms with E-state index in [-0.39, 0.29) is 18.2 Å². The van der Waals surface area contributed by atoms with Gasteiger partial charge in [-0.2, -0.15) is 0 Å². The van der Waals surface area contributed by atoms with Crippen LogP contribution < -0.4 is 11.1 Å². The lowest BCUT2D eigenvalue weighted by Crippen LogP contribution is -2.47. The Labute approximate surface area is 139 Å². The van der Waals surface area contributed by atoms with Crippen LogP contribution >= 0.6 is 0 Å². The van der Waals surface area contributed by atoms with Crippen molar-refractivity contribution in [2.45, 2.75) is 49.5 Å². The first-order valence-corrected chi connectivity index (χ1v) is 9.43. The molecule has 1 aliphatic rings. The Morgan fingerprint density at radius 3 is 2.43 bits per heavy atom. The molecule has 23 heavy (non-hydrogen) atoms. The standard InChI is InChI=1S/C17H24N2O3S/c18-16(20)15(19-17(21)13-7-3-1-4-8-13)11-12-23(22)14-9-5-2-6-10-14/h2,5-6,9-10,13,15H,1,3-4,7-8,11-12H2,(H2,18,20)(H,19,21)/t15-,23-/m1/s1. The average molecular weight is 336 g/mol. The third-order valence-corrected chi connectivity index (χ3v) is 5.64. The van der Waals surface area contributed by atoms with Gasteiger partial charge < -0.3 is 11.1 Å². The summed E-state index contributed by atoms with van der Waals surface area (Å²) < 4.78 is 12.2. The molecule has 0 aliphatic heterocycles. The predicted octanol–water partition coefficient (Wildman–Crippen LogP) is 1.73. The van der Waals surface area contributed by atoms with Crippen LogP contribution in [0.4, 0.5) is 0 Å². The number of carbonyl (C=O) groups is 2. The number of rotatable bonds is 7. The molecular formula is C17H24N2O3S. The lowest BCUT2D eigenvalue weighted by Gasteiger charge is -2.23. The summed E-state index contributed by atoms with van der Waals surface area (Å²) in [5, 5.41) is 2.75. The minimum absolute atomic E-state index is 0.0229. The van der Waals surface area contributed by atoms with Gasteiger partial charge in [0.25, 0.3) is 0 Å². The Kier molecular flexibility index (Phi) is 6.77. The molecule has 1 saturated carbocycles. The quantitative estimate of drug-likeness (QED) is 0.795. The molecule has 1 aromatic carbocycles. The number of benzene rings is 1. The fraction of sp³-hybridized carbons (Fsp3) is 0.529. The second-order valence-electron chi connectivity index (χ2n) is 5.95. The van der Waals surface area contributed by atoms with E-state index in [1.807, 2.05) is 18.2 Å². The van der Waals surface area contributed by atoms with E-state index >= 15 is 0 Å². The molecule has 0 bridgehead atoms. The zero-order valence-corrected chi connectivity index (χ0v) is 14.0. The van der Waals surface area contributed by atoms with Crippen molar-refractivity contribution in [2.24, 2.45) is 11.7 Å². The molecule has 1 aromatic rings. The van der Waals surface area contributed by atoms with E-state index in [9.17, 15) is 13.8 Å². The van der Waals surface area contributed by atoms with E-state index in [0.29, 0.717) is 10.6 Å². The van der Waals surface area contributed by atoms with Crippen molar-refractivity contribution in [3.8, 4) is 0 Å². The van der Waals surface area contributed by atoms with Gasteiger partial charge in [0.15, 0.2) is 0 Å². The number of amides is 2. The summed E-state index contributed by atoms with van der Waals surface area (Å²) in [6.45, 7) is 0. The number of hydrogen-bond donors (Lipinski definition) is 2. The van der Waals surface area contributed by atoms with Gasteiger partial charge in [-0.05, 0) is 31.4 Å². The lowest BCUT2D eigenvalue weighted by atomic mass is 9.88. The van der Waals surface area contributed by atoms with Crippen LogP contribution in [0.25, 0.3) is 0 Å². The van der Waals surface area contributed by atoms with Crippen LogP contribution in [0.15, 0.2) is 35.2 Å². The first kappa shape index (κ1) is 17.7. The van der Waals surface area contributed by atoms with Crippen LogP contribution in [-0.4, -0.2) is 27.8 Å². The highest BCUT2D eigenvalue weighted by Gasteiger charge is 2.25. The minimum atomic E-state index is -1.20. The van der Waals surface area contributed by atoms with Crippen molar-refractivity contribution >= 4 is 22.6 Å². The molecule has 0 spiro atoms. The van der Waals surface area contributed by atoms with Gasteiger partial charge in [-0.25, -0.2) is 0 Å². The smallest absolute Gasteiger partial charge is 0.240 e. The Hall–Kier alpha value is -1.69. The van der Waals surface area contributed by atoms with E-state index in [2.05, 4.69) is 5.32 Å². The molecule has 1 fully saturated rings. The van der Waals surface area contributed by atoms with Crippen molar-refractivity contribution in [2.75, 3.05) is 5.75 Å². The van der Waals surface area contributed by atoms with E-state index in [4.69, 9.17) is 5.73 Å². The summed E-state index contributed by atoms with van der Waals surface area (Å²) in [5.74, 6) is -0.397. The highest BCUT2D eigenvalue weighted by molar-refractivity contribution is 7.85. The summed E-state index contributed by atoms with van der Waals surface area (Å²) in [7, 11) is -1.20. The van der Waals surface area contributed by atoms with Crippen LogP contribution in [0.1, 0.15) is 38.5 Å². The molecule has 2 amide bonds. The maximum absolute atomic E-state index is 12.2. The maximum atomic E-state index is 12.2. The summed E-state index contributed by atoms with van der Waals surface area (Å²) >= 11 is 0. The zero-order chi connectivity index (χ0) is 16.7. The highest BCUT2D eigenvalue weighted by atomic mass is 32.2. The summed E-state index contributed by atoms with van der Waals surface area (Å²) in [4.78, 5) is 24.5. The number of nitrogens with two attached hydrogens (primary N) is 1. The Balaban J connectivity index is 1.87. The molecule has 1 aliphatic carbocycles. The fourth-order valence-corrected chi connectivity index (χ4v) is 4.00. The van der Waals surface area contributed by atoms with Crippen molar-refractivity contribution in [1.29, 1.82) is 0 Å². The van der Waals surface area contributed by atoms with Gasteiger partial charge in [0.05, 0.1) is 10.8 Å². The normalized spacial score (nSPS) is 18.1. The molecular weight excluding hydrogens is 312 g/mol. The summed E-state index contributed by atoms with van der Waals surface area (Å²) in [6, 6.07) is 8.33. The molecule has 126 valence electrons. The average Bonchev–Trinajstić information content (AvgIpc) is 2.59. The molecule has 6 heteroatoms. The largest absolute Gasteiger partial charge is 0.368 e. The number of carbonyl (C=O) groups excluding carboxylic acids is 2. The summed E-state index contributed by atoms with van der Waals surface area (Å²) in [5.41, 5.74) is 5.39. The van der Waals surface area contributed by atoms with Gasteiger partial charge in [-0.3, -0.25) is 13.8 Å². The van der Waals surface area contributed by atoms with Crippen LogP contribution in [0.3, 0.4) is 0 Å². The molecule has 2 atom stereocenters. The molecule has 0 aromatic heterocycles. The van der Waals surface area contributed by atoms with Crippen LogP contribution in [0.2, 0.25) is 0 Å². The van der Waals surface area contributed by atoms with Crippen molar-refractivity contribution in [1.82, 2.24) is 5.32 Å². The van der Waals surface area contributed by atoms with Crippen LogP contribution in [0, 0.1) is 5.92 Å². The summed E-state index contributed by atoms with van der Waals surface area (Å²) in [6.07, 6.45) is 5.30. The Morgan fingerprint density at radius 2 is 1.83 bits per heavy atom. The number of hydrogen-bond acceptors (Lipinski definition) is 3. The molecule has 0 heterocycles.